The second-order valence-corrected chi connectivity index (χ2v) is 5.63. The van der Waals surface area contributed by atoms with Crippen LogP contribution >= 0.6 is 0 Å². The van der Waals surface area contributed by atoms with E-state index in [1.807, 2.05) is 6.07 Å². The highest BCUT2D eigenvalue weighted by atomic mass is 16.5. The van der Waals surface area contributed by atoms with Crippen LogP contribution in [0.3, 0.4) is 0 Å². The molecule has 0 saturated carbocycles. The fourth-order valence-electron chi connectivity index (χ4n) is 2.64. The lowest BCUT2D eigenvalue weighted by Gasteiger charge is -2.15. The van der Waals surface area contributed by atoms with Crippen LogP contribution < -0.4 is 0 Å². The van der Waals surface area contributed by atoms with Crippen LogP contribution in [0.5, 0.6) is 0 Å². The molecule has 24 heavy (non-hydrogen) atoms. The Labute approximate surface area is 139 Å². The first-order valence-electron chi connectivity index (χ1n) is 7.63. The van der Waals surface area contributed by atoms with Crippen molar-refractivity contribution in [1.29, 1.82) is 0 Å². The Bertz CT molecular complexity index is 671. The lowest BCUT2D eigenvalue weighted by molar-refractivity contribution is -0.159. The summed E-state index contributed by atoms with van der Waals surface area (Å²) in [5, 5.41) is 19.0. The zero-order valence-electron chi connectivity index (χ0n) is 13.4. The molecule has 7 nitrogen and oxygen atoms in total. The lowest BCUT2D eigenvalue weighted by Crippen LogP contribution is -2.16. The summed E-state index contributed by atoms with van der Waals surface area (Å²) in [6.07, 6.45) is 3.27. The highest BCUT2D eigenvalue weighted by Crippen LogP contribution is 2.30. The third-order valence-corrected chi connectivity index (χ3v) is 3.84. The molecule has 0 radical (unpaired) electrons. The highest BCUT2D eigenvalue weighted by Gasteiger charge is 2.26. The van der Waals surface area contributed by atoms with Gasteiger partial charge >= 0.3 is 11.9 Å². The summed E-state index contributed by atoms with van der Waals surface area (Å²) in [6.45, 7) is 1.15. The van der Waals surface area contributed by atoms with Crippen molar-refractivity contribution in [2.75, 3.05) is 13.6 Å². The van der Waals surface area contributed by atoms with Gasteiger partial charge in [-0.05, 0) is 32.0 Å². The fourth-order valence-corrected chi connectivity index (χ4v) is 2.64. The SMILES string of the molecule is CN1CCC[C@H]1c1cc(Cc2ccccc2)no1.O=C(O)C(=O)O. The van der Waals surface area contributed by atoms with Crippen molar-refractivity contribution in [2.24, 2.45) is 0 Å². The average molecular weight is 332 g/mol. The first kappa shape index (κ1) is 17.7. The molecule has 1 saturated heterocycles. The second-order valence-electron chi connectivity index (χ2n) is 5.63. The molecule has 1 aliphatic heterocycles. The van der Waals surface area contributed by atoms with Gasteiger partial charge in [0.25, 0.3) is 0 Å². The van der Waals surface area contributed by atoms with Crippen LogP contribution in [0.25, 0.3) is 0 Å². The van der Waals surface area contributed by atoms with Crippen molar-refractivity contribution in [3.63, 3.8) is 0 Å². The number of hydrogen-bond acceptors (Lipinski definition) is 5. The van der Waals surface area contributed by atoms with Crippen molar-refractivity contribution >= 4 is 11.9 Å². The number of carboxylic acid groups (broad SMARTS) is 2. The topological polar surface area (TPSA) is 104 Å². The van der Waals surface area contributed by atoms with Crippen LogP contribution in [0.4, 0.5) is 0 Å². The number of benzene rings is 1. The Hall–Kier alpha value is -2.67. The van der Waals surface area contributed by atoms with E-state index < -0.39 is 11.9 Å². The molecule has 1 fully saturated rings. The van der Waals surface area contributed by atoms with Crippen LogP contribution in [0.15, 0.2) is 40.9 Å². The van der Waals surface area contributed by atoms with Gasteiger partial charge in [0.15, 0.2) is 5.76 Å². The Morgan fingerprint density at radius 2 is 1.92 bits per heavy atom. The predicted molar refractivity (Wildman–Crippen MR) is 85.6 cm³/mol. The summed E-state index contributed by atoms with van der Waals surface area (Å²) in [4.78, 5) is 20.5. The second kappa shape index (κ2) is 8.26. The molecular formula is C17H20N2O5. The van der Waals surface area contributed by atoms with Crippen molar-refractivity contribution < 1.29 is 24.3 Å². The molecule has 128 valence electrons. The van der Waals surface area contributed by atoms with E-state index in [0.29, 0.717) is 6.04 Å². The molecule has 0 spiro atoms. The summed E-state index contributed by atoms with van der Waals surface area (Å²) >= 11 is 0. The van der Waals surface area contributed by atoms with Crippen LogP contribution in [0.1, 0.15) is 35.9 Å². The summed E-state index contributed by atoms with van der Waals surface area (Å²) < 4.78 is 5.50. The van der Waals surface area contributed by atoms with E-state index in [9.17, 15) is 0 Å². The number of likely N-dealkylation sites (tertiary alicyclic amines) is 1. The number of carbonyl (C=O) groups is 2. The normalized spacial score (nSPS) is 17.1. The zero-order valence-corrected chi connectivity index (χ0v) is 13.4. The van der Waals surface area contributed by atoms with Gasteiger partial charge in [-0.2, -0.15) is 0 Å². The van der Waals surface area contributed by atoms with Crippen molar-refractivity contribution in [3.8, 4) is 0 Å². The van der Waals surface area contributed by atoms with E-state index in [4.69, 9.17) is 24.3 Å². The number of hydrogen-bond donors (Lipinski definition) is 2. The third-order valence-electron chi connectivity index (χ3n) is 3.84. The highest BCUT2D eigenvalue weighted by molar-refractivity contribution is 6.27. The van der Waals surface area contributed by atoms with Gasteiger partial charge in [-0.15, -0.1) is 0 Å². The first-order valence-corrected chi connectivity index (χ1v) is 7.63. The van der Waals surface area contributed by atoms with Gasteiger partial charge in [0.2, 0.25) is 0 Å². The van der Waals surface area contributed by atoms with E-state index >= 15 is 0 Å². The Kier molecular flexibility index (Phi) is 6.08. The minimum absolute atomic E-state index is 0.419. The summed E-state index contributed by atoms with van der Waals surface area (Å²) in [6, 6.07) is 12.9. The molecule has 2 aromatic rings. The standard InChI is InChI=1S/C15H18N2O.C2H2O4/c1-17-9-5-8-14(17)15-11-13(16-18-15)10-12-6-3-2-4-7-12;3-1(4)2(5)6/h2-4,6-7,11,14H,5,8-10H2,1H3;(H,3,4)(H,5,6)/t14-;/m0./s1. The molecule has 1 aromatic carbocycles. The maximum Gasteiger partial charge on any atom is 0.414 e. The lowest BCUT2D eigenvalue weighted by atomic mass is 10.1. The van der Waals surface area contributed by atoms with Gasteiger partial charge in [-0.1, -0.05) is 35.5 Å². The van der Waals surface area contributed by atoms with Crippen LogP contribution in [-0.4, -0.2) is 45.8 Å². The smallest absolute Gasteiger partial charge is 0.414 e. The van der Waals surface area contributed by atoms with Crippen molar-refractivity contribution in [2.45, 2.75) is 25.3 Å². The number of carboxylic acids is 2. The van der Waals surface area contributed by atoms with E-state index in [-0.39, 0.29) is 0 Å². The molecular weight excluding hydrogens is 312 g/mol. The van der Waals surface area contributed by atoms with Gasteiger partial charge in [0, 0.05) is 12.5 Å². The fraction of sp³-hybridized carbons (Fsp3) is 0.353. The molecule has 2 N–H and O–H groups in total. The Balaban J connectivity index is 0.000000301. The molecule has 0 aliphatic carbocycles. The van der Waals surface area contributed by atoms with Crippen LogP contribution in [-0.2, 0) is 16.0 Å². The van der Waals surface area contributed by atoms with Gasteiger partial charge < -0.3 is 14.7 Å². The van der Waals surface area contributed by atoms with Gasteiger partial charge in [0.1, 0.15) is 0 Å². The van der Waals surface area contributed by atoms with Gasteiger partial charge in [0.05, 0.1) is 11.7 Å². The van der Waals surface area contributed by atoms with E-state index in [0.717, 1.165) is 24.4 Å². The summed E-state index contributed by atoms with van der Waals surface area (Å²) in [5.74, 6) is -2.63. The monoisotopic (exact) mass is 332 g/mol. The Morgan fingerprint density at radius 1 is 1.25 bits per heavy atom. The van der Waals surface area contributed by atoms with E-state index in [1.54, 1.807) is 0 Å². The molecule has 0 bridgehead atoms. The van der Waals surface area contributed by atoms with Crippen LogP contribution in [0.2, 0.25) is 0 Å². The number of nitrogens with zero attached hydrogens (tertiary/aromatic N) is 2. The number of aliphatic carboxylic acids is 2. The summed E-state index contributed by atoms with van der Waals surface area (Å²) in [5.41, 5.74) is 2.30. The molecule has 1 atom stereocenters. The van der Waals surface area contributed by atoms with Gasteiger partial charge in [-0.3, -0.25) is 4.90 Å². The largest absolute Gasteiger partial charge is 0.473 e. The molecule has 1 aliphatic rings. The van der Waals surface area contributed by atoms with Crippen molar-refractivity contribution in [3.05, 3.63) is 53.4 Å². The quantitative estimate of drug-likeness (QED) is 0.830. The Morgan fingerprint density at radius 3 is 2.46 bits per heavy atom. The minimum Gasteiger partial charge on any atom is -0.473 e. The molecule has 0 unspecified atom stereocenters. The maximum atomic E-state index is 9.10. The zero-order chi connectivity index (χ0) is 17.5. The first-order chi connectivity index (χ1) is 11.5. The van der Waals surface area contributed by atoms with Gasteiger partial charge in [-0.25, -0.2) is 9.59 Å². The molecule has 2 heterocycles. The molecule has 3 rings (SSSR count). The number of aromatic nitrogens is 1. The van der Waals surface area contributed by atoms with Crippen molar-refractivity contribution in [1.82, 2.24) is 10.1 Å². The summed E-state index contributed by atoms with van der Waals surface area (Å²) in [7, 11) is 2.15. The molecule has 1 aromatic heterocycles. The molecule has 7 heteroatoms. The van der Waals surface area contributed by atoms with E-state index in [2.05, 4.69) is 47.4 Å². The predicted octanol–water partition coefficient (Wildman–Crippen LogP) is 2.19. The maximum absolute atomic E-state index is 9.10. The molecule has 0 amide bonds. The van der Waals surface area contributed by atoms with Crippen LogP contribution in [0, 0.1) is 0 Å². The number of rotatable bonds is 3. The van der Waals surface area contributed by atoms with E-state index in [1.165, 1.54) is 18.4 Å². The average Bonchev–Trinajstić information content (AvgIpc) is 3.17. The minimum atomic E-state index is -1.82. The third kappa shape index (κ3) is 4.92.